The molecule has 0 spiro atoms. The average Bonchev–Trinajstić information content (AvgIpc) is 1.69. The molecule has 0 rings (SSSR count). The van der Waals surface area contributed by atoms with Crippen molar-refractivity contribution in [2.24, 2.45) is 5.73 Å². The molecular weight excluding hydrogens is 108 g/mol. The molecule has 0 fully saturated rings. The van der Waals surface area contributed by atoms with Crippen molar-refractivity contribution in [1.29, 1.82) is 0 Å². The number of nitrogens with one attached hydrogen (secondary N) is 1. The molecule has 0 aromatic heterocycles. The van der Waals surface area contributed by atoms with Crippen LogP contribution >= 0.6 is 0 Å². The summed E-state index contributed by atoms with van der Waals surface area (Å²) in [5, 5.41) is 8.15. The summed E-state index contributed by atoms with van der Waals surface area (Å²) in [6, 6.07) is -0.602. The number of carbonyl (C=O) groups is 1. The Hall–Kier alpha value is -0.610. The first-order valence-corrected chi connectivity index (χ1v) is 2.41. The van der Waals surface area contributed by atoms with Crippen molar-refractivity contribution >= 4 is 5.91 Å². The number of hydrogen-bond acceptors (Lipinski definition) is 3. The molecule has 0 unspecified atom stereocenters. The zero-order valence-electron chi connectivity index (χ0n) is 4.72. The van der Waals surface area contributed by atoms with E-state index in [-0.39, 0.29) is 0 Å². The van der Waals surface area contributed by atoms with Crippen LogP contribution in [0.2, 0.25) is 0 Å². The van der Waals surface area contributed by atoms with Crippen molar-refractivity contribution in [2.45, 2.75) is 19.4 Å². The molecule has 0 bridgehead atoms. The third-order valence-corrected chi connectivity index (χ3v) is 0.908. The monoisotopic (exact) mass is 118 g/mol. The standard InChI is InChI=1S/C4H10N2O2/c1-2-3(6-8)4(5)7/h3,6,8H,2H2,1H3,(H2,5,7)/t3-/m0/s1. The van der Waals surface area contributed by atoms with Crippen LogP contribution < -0.4 is 11.2 Å². The highest BCUT2D eigenvalue weighted by Gasteiger charge is 2.08. The average molecular weight is 118 g/mol. The molecule has 4 nitrogen and oxygen atoms in total. The molecule has 0 heterocycles. The van der Waals surface area contributed by atoms with Crippen molar-refractivity contribution in [3.63, 3.8) is 0 Å². The van der Waals surface area contributed by atoms with Gasteiger partial charge in [-0.15, -0.1) is 0 Å². The predicted octanol–water partition coefficient (Wildman–Crippen LogP) is -0.771. The summed E-state index contributed by atoms with van der Waals surface area (Å²) in [7, 11) is 0. The second-order valence-electron chi connectivity index (χ2n) is 1.49. The number of nitrogens with two attached hydrogens (primary N) is 1. The first-order chi connectivity index (χ1) is 3.72. The van der Waals surface area contributed by atoms with E-state index in [0.717, 1.165) is 0 Å². The number of primary amides is 1. The van der Waals surface area contributed by atoms with Crippen molar-refractivity contribution < 1.29 is 10.0 Å². The molecule has 0 aliphatic carbocycles. The lowest BCUT2D eigenvalue weighted by atomic mass is 10.2. The smallest absolute Gasteiger partial charge is 0.236 e. The summed E-state index contributed by atoms with van der Waals surface area (Å²) >= 11 is 0. The minimum absolute atomic E-state index is 0.506. The Balaban J connectivity index is 3.52. The SMILES string of the molecule is CC[C@H](NO)C(N)=O. The summed E-state index contributed by atoms with van der Waals surface area (Å²) < 4.78 is 0. The van der Waals surface area contributed by atoms with Gasteiger partial charge in [0.25, 0.3) is 0 Å². The van der Waals surface area contributed by atoms with Crippen LogP contribution in [0.15, 0.2) is 0 Å². The first kappa shape index (κ1) is 7.39. The van der Waals surface area contributed by atoms with Crippen molar-refractivity contribution in [2.75, 3.05) is 0 Å². The maximum Gasteiger partial charge on any atom is 0.236 e. The summed E-state index contributed by atoms with van der Waals surface area (Å²) in [6.07, 6.45) is 0.506. The van der Waals surface area contributed by atoms with Gasteiger partial charge in [0.2, 0.25) is 5.91 Å². The molecule has 4 N–H and O–H groups in total. The molecule has 1 amide bonds. The lowest BCUT2D eigenvalue weighted by molar-refractivity contribution is -0.122. The number of hydroxylamine groups is 1. The van der Waals surface area contributed by atoms with Crippen molar-refractivity contribution in [3.8, 4) is 0 Å². The quantitative estimate of drug-likeness (QED) is 0.426. The third-order valence-electron chi connectivity index (χ3n) is 0.908. The van der Waals surface area contributed by atoms with E-state index in [1.807, 2.05) is 0 Å². The fraction of sp³-hybridized carbons (Fsp3) is 0.750. The Morgan fingerprint density at radius 2 is 2.50 bits per heavy atom. The summed E-state index contributed by atoms with van der Waals surface area (Å²) in [4.78, 5) is 10.2. The minimum Gasteiger partial charge on any atom is -0.368 e. The van der Waals surface area contributed by atoms with Gasteiger partial charge < -0.3 is 10.9 Å². The fourth-order valence-electron chi connectivity index (χ4n) is 0.356. The van der Waals surface area contributed by atoms with Crippen molar-refractivity contribution in [3.05, 3.63) is 0 Å². The molecule has 0 saturated heterocycles. The normalized spacial score (nSPS) is 13.2. The topological polar surface area (TPSA) is 75.3 Å². The maximum absolute atomic E-state index is 10.2. The largest absolute Gasteiger partial charge is 0.368 e. The molecule has 8 heavy (non-hydrogen) atoms. The van der Waals surface area contributed by atoms with E-state index in [4.69, 9.17) is 10.9 Å². The molecule has 0 aliphatic rings. The maximum atomic E-state index is 10.2. The van der Waals surface area contributed by atoms with Crippen LogP contribution in [0.1, 0.15) is 13.3 Å². The van der Waals surface area contributed by atoms with Gasteiger partial charge >= 0.3 is 0 Å². The highest BCUT2D eigenvalue weighted by molar-refractivity contribution is 5.79. The van der Waals surface area contributed by atoms with E-state index in [2.05, 4.69) is 0 Å². The van der Waals surface area contributed by atoms with Gasteiger partial charge in [0.05, 0.1) is 0 Å². The van der Waals surface area contributed by atoms with Crippen LogP contribution in [0, 0.1) is 0 Å². The van der Waals surface area contributed by atoms with Gasteiger partial charge in [-0.05, 0) is 6.42 Å². The third kappa shape index (κ3) is 1.90. The summed E-state index contributed by atoms with van der Waals surface area (Å²) in [5.41, 5.74) is 6.57. The van der Waals surface area contributed by atoms with Crippen LogP contribution in [0.3, 0.4) is 0 Å². The molecule has 4 heteroatoms. The van der Waals surface area contributed by atoms with Gasteiger partial charge in [0, 0.05) is 0 Å². The minimum atomic E-state index is -0.602. The molecule has 1 atom stereocenters. The van der Waals surface area contributed by atoms with Crippen LogP contribution in [0.25, 0.3) is 0 Å². The van der Waals surface area contributed by atoms with E-state index >= 15 is 0 Å². The second kappa shape index (κ2) is 3.40. The van der Waals surface area contributed by atoms with Crippen LogP contribution in [-0.2, 0) is 4.79 Å². The van der Waals surface area contributed by atoms with Gasteiger partial charge in [0.1, 0.15) is 6.04 Å². The zero-order valence-corrected chi connectivity index (χ0v) is 4.72. The van der Waals surface area contributed by atoms with E-state index in [1.165, 1.54) is 0 Å². The first-order valence-electron chi connectivity index (χ1n) is 2.41. The molecule has 48 valence electrons. The van der Waals surface area contributed by atoms with Crippen LogP contribution in [-0.4, -0.2) is 17.2 Å². The van der Waals surface area contributed by atoms with Gasteiger partial charge in [-0.3, -0.25) is 4.79 Å². The van der Waals surface area contributed by atoms with E-state index in [0.29, 0.717) is 6.42 Å². The molecule has 0 aliphatic heterocycles. The van der Waals surface area contributed by atoms with Crippen molar-refractivity contribution in [1.82, 2.24) is 5.48 Å². The zero-order chi connectivity index (χ0) is 6.57. The Labute approximate surface area is 47.6 Å². The lowest BCUT2D eigenvalue weighted by Crippen LogP contribution is -2.38. The number of rotatable bonds is 3. The fourth-order valence-corrected chi connectivity index (χ4v) is 0.356. The molecule has 0 aromatic rings. The highest BCUT2D eigenvalue weighted by atomic mass is 16.5. The Morgan fingerprint density at radius 3 is 2.50 bits per heavy atom. The van der Waals surface area contributed by atoms with Gasteiger partial charge in [-0.1, -0.05) is 6.92 Å². The second-order valence-corrected chi connectivity index (χ2v) is 1.49. The number of amides is 1. The van der Waals surface area contributed by atoms with Gasteiger partial charge in [0.15, 0.2) is 0 Å². The molecule has 0 aromatic carbocycles. The predicted molar refractivity (Wildman–Crippen MR) is 28.2 cm³/mol. The molecular formula is C4H10N2O2. The van der Waals surface area contributed by atoms with E-state index < -0.39 is 11.9 Å². The van der Waals surface area contributed by atoms with Gasteiger partial charge in [-0.25, -0.2) is 0 Å². The lowest BCUT2D eigenvalue weighted by Gasteiger charge is -2.05. The molecule has 0 radical (unpaired) electrons. The van der Waals surface area contributed by atoms with E-state index in [9.17, 15) is 4.79 Å². The Kier molecular flexibility index (Phi) is 3.14. The highest BCUT2D eigenvalue weighted by Crippen LogP contribution is 1.84. The number of carbonyl (C=O) groups excluding carboxylic acids is 1. The van der Waals surface area contributed by atoms with Gasteiger partial charge in [-0.2, -0.15) is 5.48 Å². The number of hydrogen-bond donors (Lipinski definition) is 3. The summed E-state index contributed by atoms with van der Waals surface area (Å²) in [5.74, 6) is -0.532. The summed E-state index contributed by atoms with van der Waals surface area (Å²) in [6.45, 7) is 1.75. The van der Waals surface area contributed by atoms with Crippen LogP contribution in [0.4, 0.5) is 0 Å². The molecule has 0 saturated carbocycles. The Morgan fingerprint density at radius 1 is 2.00 bits per heavy atom. The Bertz CT molecular complexity index is 80.1. The van der Waals surface area contributed by atoms with E-state index in [1.54, 1.807) is 12.4 Å². The van der Waals surface area contributed by atoms with Crippen LogP contribution in [0.5, 0.6) is 0 Å².